The van der Waals surface area contributed by atoms with Gasteiger partial charge in [0.1, 0.15) is 0 Å². The fourth-order valence-corrected chi connectivity index (χ4v) is 3.40. The number of Topliss-reactive ketones (excluding diaryl/α,β-unsaturated/α-hetero) is 1. The van der Waals surface area contributed by atoms with E-state index < -0.39 is 5.60 Å². The molecule has 0 unspecified atom stereocenters. The van der Waals surface area contributed by atoms with Crippen LogP contribution in [0, 0.1) is 0 Å². The maximum Gasteiger partial charge on any atom is 0.201 e. The van der Waals surface area contributed by atoms with Gasteiger partial charge in [-0.05, 0) is 29.2 Å². The van der Waals surface area contributed by atoms with Gasteiger partial charge >= 0.3 is 0 Å². The van der Waals surface area contributed by atoms with Crippen LogP contribution in [-0.2, 0) is 4.74 Å². The maximum atomic E-state index is 12.9. The molecule has 22 heavy (non-hydrogen) atoms. The Balaban J connectivity index is 1.88. The average molecular weight is 290 g/mol. The van der Waals surface area contributed by atoms with Crippen LogP contribution in [0.2, 0.25) is 0 Å². The molecule has 1 aliphatic heterocycles. The lowest BCUT2D eigenvalue weighted by molar-refractivity contribution is 0.0907. The van der Waals surface area contributed by atoms with E-state index in [1.807, 2.05) is 48.5 Å². The topological polar surface area (TPSA) is 29.6 Å². The van der Waals surface area contributed by atoms with Gasteiger partial charge in [-0.1, -0.05) is 67.9 Å². The molecule has 2 atom stereocenters. The van der Waals surface area contributed by atoms with Gasteiger partial charge in [0, 0.05) is 5.56 Å². The number of carbonyl (C=O) groups is 1. The lowest BCUT2D eigenvalue weighted by Crippen LogP contribution is -2.30. The summed E-state index contributed by atoms with van der Waals surface area (Å²) in [5.41, 5.74) is 3.30. The summed E-state index contributed by atoms with van der Waals surface area (Å²) in [6.45, 7) is 2.12. The van der Waals surface area contributed by atoms with Crippen molar-refractivity contribution < 1.29 is 9.53 Å². The summed E-state index contributed by atoms with van der Waals surface area (Å²) in [7, 11) is 0. The number of epoxide rings is 1. The van der Waals surface area contributed by atoms with Crippen molar-refractivity contribution in [3.63, 3.8) is 0 Å². The molecule has 0 amide bonds. The van der Waals surface area contributed by atoms with Crippen molar-refractivity contribution in [3.05, 3.63) is 77.4 Å². The SMILES string of the molecule is CCC[C@@H]1O[C@]12C=C(c1ccccc1)c1ccccc1C2=O. The van der Waals surface area contributed by atoms with E-state index in [1.54, 1.807) is 0 Å². The van der Waals surface area contributed by atoms with Crippen LogP contribution in [0.4, 0.5) is 0 Å². The predicted molar refractivity (Wildman–Crippen MR) is 86.8 cm³/mol. The zero-order chi connectivity index (χ0) is 15.2. The Kier molecular flexibility index (Phi) is 3.02. The van der Waals surface area contributed by atoms with Crippen LogP contribution in [0.1, 0.15) is 41.3 Å². The Morgan fingerprint density at radius 2 is 1.68 bits per heavy atom. The summed E-state index contributed by atoms with van der Waals surface area (Å²) in [6.07, 6.45) is 4.02. The largest absolute Gasteiger partial charge is 0.353 e. The zero-order valence-corrected chi connectivity index (χ0v) is 12.6. The van der Waals surface area contributed by atoms with Crippen LogP contribution in [0.15, 0.2) is 60.7 Å². The van der Waals surface area contributed by atoms with E-state index in [0.29, 0.717) is 0 Å². The van der Waals surface area contributed by atoms with Gasteiger partial charge in [0.25, 0.3) is 0 Å². The second-order valence-corrected chi connectivity index (χ2v) is 5.99. The molecule has 1 saturated heterocycles. The van der Waals surface area contributed by atoms with Crippen molar-refractivity contribution >= 4 is 11.4 Å². The number of fused-ring (bicyclic) bond motifs is 1. The van der Waals surface area contributed by atoms with Gasteiger partial charge in [-0.15, -0.1) is 0 Å². The third kappa shape index (κ3) is 1.87. The van der Waals surface area contributed by atoms with Gasteiger partial charge in [-0.2, -0.15) is 0 Å². The van der Waals surface area contributed by atoms with E-state index in [9.17, 15) is 4.79 Å². The molecule has 1 heterocycles. The Morgan fingerprint density at radius 1 is 1.00 bits per heavy atom. The van der Waals surface area contributed by atoms with E-state index in [1.165, 1.54) is 0 Å². The number of hydrogen-bond acceptors (Lipinski definition) is 2. The van der Waals surface area contributed by atoms with E-state index in [4.69, 9.17) is 4.74 Å². The Morgan fingerprint density at radius 3 is 2.41 bits per heavy atom. The first kappa shape index (κ1) is 13.5. The van der Waals surface area contributed by atoms with Crippen LogP contribution in [0.5, 0.6) is 0 Å². The molecule has 2 aliphatic rings. The van der Waals surface area contributed by atoms with Crippen LogP contribution in [0.25, 0.3) is 5.57 Å². The zero-order valence-electron chi connectivity index (χ0n) is 12.6. The summed E-state index contributed by atoms with van der Waals surface area (Å²) in [5, 5.41) is 0. The molecule has 2 aromatic carbocycles. The van der Waals surface area contributed by atoms with Gasteiger partial charge < -0.3 is 4.74 Å². The summed E-state index contributed by atoms with van der Waals surface area (Å²) < 4.78 is 5.88. The molecule has 4 rings (SSSR count). The van der Waals surface area contributed by atoms with Gasteiger partial charge in [0.05, 0.1) is 6.10 Å². The van der Waals surface area contributed by atoms with Crippen LogP contribution in [-0.4, -0.2) is 17.5 Å². The van der Waals surface area contributed by atoms with E-state index in [0.717, 1.165) is 35.1 Å². The van der Waals surface area contributed by atoms with Crippen molar-refractivity contribution in [1.82, 2.24) is 0 Å². The number of ether oxygens (including phenoxy) is 1. The normalized spacial score (nSPS) is 25.8. The molecule has 1 fully saturated rings. The Bertz CT molecular complexity index is 760. The molecule has 2 heteroatoms. The van der Waals surface area contributed by atoms with E-state index in [-0.39, 0.29) is 11.9 Å². The molecule has 0 saturated carbocycles. The smallest absolute Gasteiger partial charge is 0.201 e. The highest BCUT2D eigenvalue weighted by Crippen LogP contribution is 2.49. The first-order valence-corrected chi connectivity index (χ1v) is 7.86. The summed E-state index contributed by atoms with van der Waals surface area (Å²) >= 11 is 0. The van der Waals surface area contributed by atoms with Crippen LogP contribution < -0.4 is 0 Å². The second-order valence-electron chi connectivity index (χ2n) is 5.99. The first-order valence-electron chi connectivity index (χ1n) is 7.86. The number of hydrogen-bond donors (Lipinski definition) is 0. The van der Waals surface area contributed by atoms with Gasteiger partial charge in [-0.25, -0.2) is 0 Å². The van der Waals surface area contributed by atoms with E-state index >= 15 is 0 Å². The molecule has 2 aromatic rings. The number of benzene rings is 2. The second kappa shape index (κ2) is 4.92. The molecule has 1 aliphatic carbocycles. The fraction of sp³-hybridized carbons (Fsp3) is 0.250. The minimum atomic E-state index is -0.727. The molecule has 0 aromatic heterocycles. The maximum absolute atomic E-state index is 12.9. The molecular weight excluding hydrogens is 272 g/mol. The first-order chi connectivity index (χ1) is 10.8. The summed E-state index contributed by atoms with van der Waals surface area (Å²) in [4.78, 5) is 12.9. The van der Waals surface area contributed by atoms with Gasteiger partial charge in [0.2, 0.25) is 5.78 Å². The lowest BCUT2D eigenvalue weighted by Gasteiger charge is -2.22. The van der Waals surface area contributed by atoms with Crippen molar-refractivity contribution in [3.8, 4) is 0 Å². The molecule has 0 N–H and O–H groups in total. The molecule has 0 radical (unpaired) electrons. The van der Waals surface area contributed by atoms with Crippen molar-refractivity contribution in [2.45, 2.75) is 31.5 Å². The minimum Gasteiger partial charge on any atom is -0.353 e. The Labute approximate surface area is 130 Å². The number of rotatable bonds is 3. The fourth-order valence-electron chi connectivity index (χ4n) is 3.40. The molecule has 2 nitrogen and oxygen atoms in total. The van der Waals surface area contributed by atoms with Crippen LogP contribution >= 0.6 is 0 Å². The van der Waals surface area contributed by atoms with E-state index in [2.05, 4.69) is 19.1 Å². The molecule has 1 spiro atoms. The molecular formula is C20H18O2. The third-order valence-corrected chi connectivity index (χ3v) is 4.57. The Hall–Kier alpha value is -2.19. The highest BCUT2D eigenvalue weighted by atomic mass is 16.6. The average Bonchev–Trinajstić information content (AvgIpc) is 3.26. The summed E-state index contributed by atoms with van der Waals surface area (Å²) in [6, 6.07) is 18.1. The third-order valence-electron chi connectivity index (χ3n) is 4.57. The predicted octanol–water partition coefficient (Wildman–Crippen LogP) is 4.25. The standard InChI is InChI=1S/C20H18O2/c1-2-8-18-20(22-18)13-17(14-9-4-3-5-10-14)15-11-6-7-12-16(15)19(20)21/h3-7,9-13,18H,2,8H2,1H3/t18-,20+/m0/s1. The quantitative estimate of drug-likeness (QED) is 0.791. The van der Waals surface area contributed by atoms with Gasteiger partial charge in [-0.3, -0.25) is 4.79 Å². The monoisotopic (exact) mass is 290 g/mol. The molecule has 110 valence electrons. The summed E-state index contributed by atoms with van der Waals surface area (Å²) in [5.74, 6) is 0.112. The van der Waals surface area contributed by atoms with Crippen molar-refractivity contribution in [2.24, 2.45) is 0 Å². The van der Waals surface area contributed by atoms with Crippen LogP contribution in [0.3, 0.4) is 0 Å². The number of ketones is 1. The highest BCUT2D eigenvalue weighted by Gasteiger charge is 2.61. The highest BCUT2D eigenvalue weighted by molar-refractivity contribution is 6.14. The van der Waals surface area contributed by atoms with Gasteiger partial charge in [0.15, 0.2) is 5.60 Å². The lowest BCUT2D eigenvalue weighted by atomic mass is 9.79. The van der Waals surface area contributed by atoms with Crippen molar-refractivity contribution in [2.75, 3.05) is 0 Å². The van der Waals surface area contributed by atoms with Crippen molar-refractivity contribution in [1.29, 1.82) is 0 Å². The number of carbonyl (C=O) groups excluding carboxylic acids is 1. The molecule has 0 bridgehead atoms. The minimum absolute atomic E-state index is 0.0251.